The highest BCUT2D eigenvalue weighted by atomic mass is 16.5. The fraction of sp³-hybridized carbons (Fsp3) is 0.350. The number of rotatable bonds is 4. The second-order valence-electron chi connectivity index (χ2n) is 6.96. The summed E-state index contributed by atoms with van der Waals surface area (Å²) in [6.45, 7) is 6.62. The van der Waals surface area contributed by atoms with Gasteiger partial charge in [0.15, 0.2) is 0 Å². The summed E-state index contributed by atoms with van der Waals surface area (Å²) < 4.78 is 10.9. The van der Waals surface area contributed by atoms with Crippen LogP contribution < -0.4 is 9.47 Å². The van der Waals surface area contributed by atoms with Gasteiger partial charge in [-0.3, -0.25) is 4.79 Å². The largest absolute Gasteiger partial charge is 0.491 e. The van der Waals surface area contributed by atoms with Crippen LogP contribution in [0.3, 0.4) is 0 Å². The van der Waals surface area contributed by atoms with E-state index in [1.54, 1.807) is 0 Å². The van der Waals surface area contributed by atoms with Crippen molar-refractivity contribution in [3.63, 3.8) is 0 Å². The number of hydrogen-bond donors (Lipinski definition) is 1. The number of ether oxygens (including phenoxy) is 2. The normalized spacial score (nSPS) is 16.7. The maximum absolute atomic E-state index is 12.5. The van der Waals surface area contributed by atoms with Gasteiger partial charge in [0, 0.05) is 5.56 Å². The molecule has 1 aliphatic rings. The van der Waals surface area contributed by atoms with Crippen LogP contribution in [0, 0.1) is 0 Å². The molecule has 0 saturated heterocycles. The van der Waals surface area contributed by atoms with Gasteiger partial charge in [-0.2, -0.15) is 0 Å². The Kier molecular flexibility index (Phi) is 4.33. The average molecular weight is 326 g/mol. The molecule has 4 heteroatoms. The predicted octanol–water partition coefficient (Wildman–Crippen LogP) is 3.41. The number of carbonyl (C=O) groups is 1. The first-order chi connectivity index (χ1) is 11.4. The van der Waals surface area contributed by atoms with E-state index < -0.39 is 5.92 Å². The van der Waals surface area contributed by atoms with Crippen LogP contribution in [0.1, 0.15) is 43.4 Å². The van der Waals surface area contributed by atoms with Crippen molar-refractivity contribution >= 4 is 5.97 Å². The first-order valence-corrected chi connectivity index (χ1v) is 8.10. The zero-order chi connectivity index (χ0) is 17.3. The molecule has 0 amide bonds. The predicted molar refractivity (Wildman–Crippen MR) is 91.6 cm³/mol. The third kappa shape index (κ3) is 3.02. The average Bonchev–Trinajstić information content (AvgIpc) is 2.88. The number of carbonyl (C=O) groups excluding carboxylic acids is 1. The summed E-state index contributed by atoms with van der Waals surface area (Å²) in [5.41, 5.74) is 2.88. The number of aliphatic hydroxyl groups is 1. The van der Waals surface area contributed by atoms with Gasteiger partial charge >= 0.3 is 5.97 Å². The lowest BCUT2D eigenvalue weighted by Gasteiger charge is -2.23. The van der Waals surface area contributed by atoms with Gasteiger partial charge in [-0.1, -0.05) is 45.0 Å². The Bertz CT molecular complexity index is 741. The van der Waals surface area contributed by atoms with Crippen LogP contribution >= 0.6 is 0 Å². The molecule has 4 nitrogen and oxygen atoms in total. The zero-order valence-electron chi connectivity index (χ0n) is 14.2. The van der Waals surface area contributed by atoms with E-state index in [-0.39, 0.29) is 24.6 Å². The van der Waals surface area contributed by atoms with Crippen molar-refractivity contribution in [3.8, 4) is 11.5 Å². The molecule has 126 valence electrons. The molecule has 0 spiro atoms. The van der Waals surface area contributed by atoms with Gasteiger partial charge in [0.1, 0.15) is 24.0 Å². The summed E-state index contributed by atoms with van der Waals surface area (Å²) in [5, 5.41) is 8.82. The van der Waals surface area contributed by atoms with E-state index in [1.165, 1.54) is 0 Å². The lowest BCUT2D eigenvalue weighted by atomic mass is 9.78. The van der Waals surface area contributed by atoms with Crippen LogP contribution in [0.5, 0.6) is 11.5 Å². The van der Waals surface area contributed by atoms with Crippen LogP contribution in [-0.2, 0) is 10.2 Å². The second kappa shape index (κ2) is 6.29. The van der Waals surface area contributed by atoms with Crippen molar-refractivity contribution in [2.45, 2.75) is 32.1 Å². The molecule has 0 saturated carbocycles. The fourth-order valence-electron chi connectivity index (χ4n) is 3.09. The van der Waals surface area contributed by atoms with E-state index in [9.17, 15) is 4.79 Å². The summed E-state index contributed by atoms with van der Waals surface area (Å²) in [7, 11) is 0. The smallest absolute Gasteiger partial charge is 0.323 e. The number of fused-ring (bicyclic) bond motifs is 1. The molecule has 1 N–H and O–H groups in total. The lowest BCUT2D eigenvalue weighted by Crippen LogP contribution is -2.17. The number of esters is 1. The van der Waals surface area contributed by atoms with Crippen LogP contribution in [-0.4, -0.2) is 24.3 Å². The molecular weight excluding hydrogens is 304 g/mol. The Balaban J connectivity index is 2.00. The lowest BCUT2D eigenvalue weighted by molar-refractivity contribution is -0.133. The third-order valence-corrected chi connectivity index (χ3v) is 4.18. The first-order valence-electron chi connectivity index (χ1n) is 8.10. The van der Waals surface area contributed by atoms with Gasteiger partial charge in [-0.25, -0.2) is 0 Å². The van der Waals surface area contributed by atoms with Crippen molar-refractivity contribution in [1.82, 2.24) is 0 Å². The molecule has 1 unspecified atom stereocenters. The van der Waals surface area contributed by atoms with E-state index in [4.69, 9.17) is 14.6 Å². The van der Waals surface area contributed by atoms with Gasteiger partial charge in [-0.15, -0.1) is 0 Å². The van der Waals surface area contributed by atoms with Gasteiger partial charge in [0.2, 0.25) is 0 Å². The maximum Gasteiger partial charge on any atom is 0.323 e. The van der Waals surface area contributed by atoms with Crippen LogP contribution in [0.15, 0.2) is 42.5 Å². The van der Waals surface area contributed by atoms with Gasteiger partial charge in [-0.05, 0) is 34.7 Å². The SMILES string of the molecule is CC(C)(C)c1cccc2c1C(c1ccc(OCCO)cc1)C(=O)O2. The van der Waals surface area contributed by atoms with Gasteiger partial charge in [0.25, 0.3) is 0 Å². The van der Waals surface area contributed by atoms with E-state index in [0.29, 0.717) is 11.5 Å². The molecule has 24 heavy (non-hydrogen) atoms. The molecule has 0 bridgehead atoms. The van der Waals surface area contributed by atoms with E-state index in [2.05, 4.69) is 26.8 Å². The van der Waals surface area contributed by atoms with Crippen LogP contribution in [0.2, 0.25) is 0 Å². The highest BCUT2D eigenvalue weighted by Crippen LogP contribution is 2.44. The van der Waals surface area contributed by atoms with Gasteiger partial charge < -0.3 is 14.6 Å². The van der Waals surface area contributed by atoms with Crippen LogP contribution in [0.4, 0.5) is 0 Å². The summed E-state index contributed by atoms with van der Waals surface area (Å²) in [6.07, 6.45) is 0. The molecule has 3 rings (SSSR count). The molecule has 0 radical (unpaired) electrons. The third-order valence-electron chi connectivity index (χ3n) is 4.18. The number of aliphatic hydroxyl groups excluding tert-OH is 1. The summed E-state index contributed by atoms with van der Waals surface area (Å²) >= 11 is 0. The summed E-state index contributed by atoms with van der Waals surface area (Å²) in [5.74, 6) is 0.662. The highest BCUT2D eigenvalue weighted by Gasteiger charge is 2.38. The Morgan fingerprint density at radius 1 is 1.12 bits per heavy atom. The van der Waals surface area contributed by atoms with E-state index in [1.807, 2.05) is 36.4 Å². The zero-order valence-corrected chi connectivity index (χ0v) is 14.2. The molecule has 0 fully saturated rings. The molecule has 1 heterocycles. The van der Waals surface area contributed by atoms with Crippen molar-refractivity contribution in [3.05, 3.63) is 59.2 Å². The fourth-order valence-corrected chi connectivity index (χ4v) is 3.09. The second-order valence-corrected chi connectivity index (χ2v) is 6.96. The monoisotopic (exact) mass is 326 g/mol. The van der Waals surface area contributed by atoms with E-state index >= 15 is 0 Å². The van der Waals surface area contributed by atoms with Crippen molar-refractivity contribution in [2.24, 2.45) is 0 Å². The first kappa shape index (κ1) is 16.5. The quantitative estimate of drug-likeness (QED) is 0.691. The molecule has 2 aromatic carbocycles. The van der Waals surface area contributed by atoms with Crippen molar-refractivity contribution in [2.75, 3.05) is 13.2 Å². The minimum Gasteiger partial charge on any atom is -0.491 e. The Morgan fingerprint density at radius 2 is 1.83 bits per heavy atom. The molecular formula is C20H22O4. The topological polar surface area (TPSA) is 55.8 Å². The highest BCUT2D eigenvalue weighted by molar-refractivity contribution is 5.90. The number of hydrogen-bond acceptors (Lipinski definition) is 4. The Morgan fingerprint density at radius 3 is 2.46 bits per heavy atom. The molecule has 0 aromatic heterocycles. The Hall–Kier alpha value is -2.33. The van der Waals surface area contributed by atoms with Crippen LogP contribution in [0.25, 0.3) is 0 Å². The standard InChI is InChI=1S/C20H22O4/c1-20(2,3)15-5-4-6-16-18(15)17(19(22)24-16)13-7-9-14(10-8-13)23-12-11-21/h4-10,17,21H,11-12H2,1-3H3. The Labute approximate surface area is 142 Å². The summed E-state index contributed by atoms with van der Waals surface area (Å²) in [6, 6.07) is 13.2. The van der Waals surface area contributed by atoms with Crippen molar-refractivity contribution in [1.29, 1.82) is 0 Å². The minimum atomic E-state index is -0.415. The maximum atomic E-state index is 12.5. The minimum absolute atomic E-state index is 0.0287. The molecule has 1 atom stereocenters. The van der Waals surface area contributed by atoms with Crippen molar-refractivity contribution < 1.29 is 19.4 Å². The molecule has 2 aromatic rings. The number of benzene rings is 2. The summed E-state index contributed by atoms with van der Waals surface area (Å²) in [4.78, 5) is 12.5. The molecule has 0 aliphatic carbocycles. The molecule has 1 aliphatic heterocycles. The van der Waals surface area contributed by atoms with Gasteiger partial charge in [0.05, 0.1) is 6.61 Å². The van der Waals surface area contributed by atoms with E-state index in [0.717, 1.165) is 16.7 Å².